The quantitative estimate of drug-likeness (QED) is 0.669. The van der Waals surface area contributed by atoms with Gasteiger partial charge in [0.2, 0.25) is 5.91 Å². The van der Waals surface area contributed by atoms with Gasteiger partial charge in [-0.25, -0.2) is 4.79 Å². The van der Waals surface area contributed by atoms with Crippen molar-refractivity contribution in [1.29, 1.82) is 0 Å². The lowest BCUT2D eigenvalue weighted by Crippen LogP contribution is -2.39. The number of anilines is 2. The van der Waals surface area contributed by atoms with E-state index >= 15 is 0 Å². The normalized spacial score (nSPS) is 16.1. The smallest absolute Gasteiger partial charge is 0.334 e. The van der Waals surface area contributed by atoms with Gasteiger partial charge in [0, 0.05) is 0 Å². The Morgan fingerprint density at radius 1 is 1.30 bits per heavy atom. The summed E-state index contributed by atoms with van der Waals surface area (Å²) < 4.78 is 5.23. The molecule has 23 heavy (non-hydrogen) atoms. The minimum absolute atomic E-state index is 0.0443. The van der Waals surface area contributed by atoms with Crippen LogP contribution in [0, 0.1) is 6.92 Å². The number of hydrogen-bond donors (Lipinski definition) is 2. The fourth-order valence-corrected chi connectivity index (χ4v) is 2.63. The lowest BCUT2D eigenvalue weighted by Gasteiger charge is -2.25. The largest absolute Gasteiger partial charge is 0.423 e. The van der Waals surface area contributed by atoms with Crippen molar-refractivity contribution in [2.45, 2.75) is 19.4 Å². The molecule has 0 aromatic heterocycles. The van der Waals surface area contributed by atoms with Crippen LogP contribution >= 0.6 is 11.6 Å². The van der Waals surface area contributed by atoms with Crippen molar-refractivity contribution >= 4 is 34.9 Å². The fourth-order valence-electron chi connectivity index (χ4n) is 2.34. The van der Waals surface area contributed by atoms with E-state index in [1.807, 2.05) is 19.1 Å². The van der Waals surface area contributed by atoms with Crippen LogP contribution in [0.3, 0.4) is 0 Å². The molecule has 2 N–H and O–H groups in total. The molecule has 0 bridgehead atoms. The van der Waals surface area contributed by atoms with Crippen LogP contribution in [0.25, 0.3) is 0 Å². The van der Waals surface area contributed by atoms with Crippen LogP contribution in [0.4, 0.5) is 11.4 Å². The van der Waals surface area contributed by atoms with E-state index in [-0.39, 0.29) is 12.3 Å². The summed E-state index contributed by atoms with van der Waals surface area (Å²) in [6.45, 7) is 1.91. The van der Waals surface area contributed by atoms with Crippen LogP contribution in [-0.2, 0) is 9.59 Å². The van der Waals surface area contributed by atoms with Gasteiger partial charge in [-0.15, -0.1) is 0 Å². The van der Waals surface area contributed by atoms with E-state index in [2.05, 4.69) is 10.6 Å². The Balaban J connectivity index is 1.67. The summed E-state index contributed by atoms with van der Waals surface area (Å²) in [4.78, 5) is 24.1. The Bertz CT molecular complexity index is 776. The summed E-state index contributed by atoms with van der Waals surface area (Å²) in [6, 6.07) is 11.7. The van der Waals surface area contributed by atoms with Crippen LogP contribution < -0.4 is 15.4 Å². The third-order valence-corrected chi connectivity index (χ3v) is 3.81. The maximum absolute atomic E-state index is 12.2. The molecule has 0 fully saturated rings. The van der Waals surface area contributed by atoms with Crippen molar-refractivity contribution in [3.05, 3.63) is 53.1 Å². The Morgan fingerprint density at radius 3 is 2.87 bits per heavy atom. The summed E-state index contributed by atoms with van der Waals surface area (Å²) in [6.07, 6.45) is -0.0443. The zero-order chi connectivity index (χ0) is 16.4. The van der Waals surface area contributed by atoms with E-state index in [1.165, 1.54) is 0 Å². The number of ether oxygens (including phenoxy) is 1. The molecule has 0 saturated heterocycles. The highest BCUT2D eigenvalue weighted by molar-refractivity contribution is 6.33. The summed E-state index contributed by atoms with van der Waals surface area (Å²) in [5, 5.41) is 6.19. The molecule has 1 aliphatic heterocycles. The van der Waals surface area contributed by atoms with E-state index in [4.69, 9.17) is 16.3 Å². The fraction of sp³-hybridized carbons (Fsp3) is 0.176. The average molecular weight is 331 g/mol. The molecule has 2 aromatic rings. The minimum atomic E-state index is -0.728. The first-order chi connectivity index (χ1) is 11.0. The number of nitrogens with one attached hydrogen (secondary N) is 2. The summed E-state index contributed by atoms with van der Waals surface area (Å²) in [5.41, 5.74) is 2.22. The molecule has 0 radical (unpaired) electrons. The molecule has 118 valence electrons. The number of para-hydroxylation sites is 2. The predicted molar refractivity (Wildman–Crippen MR) is 88.9 cm³/mol. The minimum Gasteiger partial charge on any atom is -0.423 e. The molecule has 2 aromatic carbocycles. The lowest BCUT2D eigenvalue weighted by atomic mass is 10.1. The van der Waals surface area contributed by atoms with Crippen molar-refractivity contribution in [3.63, 3.8) is 0 Å². The molecule has 0 spiro atoms. The number of hydrogen-bond acceptors (Lipinski definition) is 4. The van der Waals surface area contributed by atoms with Crippen LogP contribution in [0.15, 0.2) is 42.5 Å². The molecule has 1 atom stereocenters. The molecule has 0 unspecified atom stereocenters. The van der Waals surface area contributed by atoms with Crippen molar-refractivity contribution < 1.29 is 14.3 Å². The molecular formula is C17H15ClN2O3. The van der Waals surface area contributed by atoms with E-state index in [9.17, 15) is 9.59 Å². The topological polar surface area (TPSA) is 67.4 Å². The maximum atomic E-state index is 12.2. The number of esters is 1. The molecule has 0 saturated carbocycles. The highest BCUT2D eigenvalue weighted by atomic mass is 35.5. The van der Waals surface area contributed by atoms with Crippen molar-refractivity contribution in [3.8, 4) is 5.75 Å². The third-order valence-electron chi connectivity index (χ3n) is 3.50. The first-order valence-corrected chi connectivity index (χ1v) is 7.54. The molecule has 6 heteroatoms. The van der Waals surface area contributed by atoms with Crippen LogP contribution in [0.1, 0.15) is 12.0 Å². The van der Waals surface area contributed by atoms with Crippen molar-refractivity contribution in [2.75, 3.05) is 10.6 Å². The van der Waals surface area contributed by atoms with Gasteiger partial charge in [-0.3, -0.25) is 4.79 Å². The van der Waals surface area contributed by atoms with Crippen LogP contribution in [0.5, 0.6) is 5.75 Å². The van der Waals surface area contributed by atoms with Crippen LogP contribution in [0.2, 0.25) is 5.02 Å². The Kier molecular flexibility index (Phi) is 4.21. The molecule has 1 heterocycles. The van der Waals surface area contributed by atoms with Gasteiger partial charge in [-0.2, -0.15) is 0 Å². The Hall–Kier alpha value is -2.53. The van der Waals surface area contributed by atoms with Gasteiger partial charge in [-0.1, -0.05) is 29.8 Å². The second-order valence-corrected chi connectivity index (χ2v) is 5.76. The molecule has 1 amide bonds. The molecule has 0 aliphatic carbocycles. The Morgan fingerprint density at radius 2 is 2.09 bits per heavy atom. The molecule has 3 rings (SSSR count). The summed E-state index contributed by atoms with van der Waals surface area (Å²) >= 11 is 6.09. The van der Waals surface area contributed by atoms with Crippen molar-refractivity contribution in [2.24, 2.45) is 0 Å². The zero-order valence-corrected chi connectivity index (χ0v) is 13.2. The molecule has 1 aliphatic rings. The van der Waals surface area contributed by atoms with E-state index in [1.54, 1.807) is 30.3 Å². The first kappa shape index (κ1) is 15.4. The lowest BCUT2D eigenvalue weighted by molar-refractivity contribution is -0.137. The van der Waals surface area contributed by atoms with E-state index < -0.39 is 12.0 Å². The number of rotatable bonds is 3. The second kappa shape index (κ2) is 6.30. The standard InChI is InChI=1S/C17H15ClN2O3/c1-10-6-7-12(11(18)8-10)20-16(21)9-14-17(22)23-15-5-3-2-4-13(15)19-14/h2-8,14,19H,9H2,1H3,(H,20,21)/t14-/m0/s1. The zero-order valence-electron chi connectivity index (χ0n) is 12.4. The summed E-state index contributed by atoms with van der Waals surface area (Å²) in [7, 11) is 0. The van der Waals surface area contributed by atoms with Gasteiger partial charge in [0.05, 0.1) is 22.8 Å². The molecular weight excluding hydrogens is 316 g/mol. The first-order valence-electron chi connectivity index (χ1n) is 7.16. The number of benzene rings is 2. The third kappa shape index (κ3) is 3.46. The van der Waals surface area contributed by atoms with Gasteiger partial charge in [0.25, 0.3) is 0 Å². The predicted octanol–water partition coefficient (Wildman–Crippen LogP) is 3.38. The monoisotopic (exact) mass is 330 g/mol. The number of carbonyl (C=O) groups excluding carboxylic acids is 2. The van der Waals surface area contributed by atoms with Gasteiger partial charge in [-0.05, 0) is 36.8 Å². The van der Waals surface area contributed by atoms with E-state index in [0.29, 0.717) is 22.1 Å². The highest BCUT2D eigenvalue weighted by Gasteiger charge is 2.29. The van der Waals surface area contributed by atoms with Gasteiger partial charge in [0.1, 0.15) is 6.04 Å². The highest BCUT2D eigenvalue weighted by Crippen LogP contribution is 2.29. The number of amides is 1. The number of halogens is 1. The van der Waals surface area contributed by atoms with Gasteiger partial charge >= 0.3 is 5.97 Å². The average Bonchev–Trinajstić information content (AvgIpc) is 2.51. The number of carbonyl (C=O) groups is 2. The maximum Gasteiger partial charge on any atom is 0.334 e. The number of aryl methyl sites for hydroxylation is 1. The van der Waals surface area contributed by atoms with Crippen LogP contribution in [-0.4, -0.2) is 17.9 Å². The number of fused-ring (bicyclic) bond motifs is 1. The van der Waals surface area contributed by atoms with Gasteiger partial charge < -0.3 is 15.4 Å². The summed E-state index contributed by atoms with van der Waals surface area (Å²) in [5.74, 6) is -0.325. The van der Waals surface area contributed by atoms with Gasteiger partial charge in [0.15, 0.2) is 5.75 Å². The van der Waals surface area contributed by atoms with Crippen molar-refractivity contribution in [1.82, 2.24) is 0 Å². The SMILES string of the molecule is Cc1ccc(NC(=O)C[C@@H]2Nc3ccccc3OC2=O)c(Cl)c1. The molecule has 5 nitrogen and oxygen atoms in total. The van der Waals surface area contributed by atoms with E-state index in [0.717, 1.165) is 5.56 Å². The Labute approximate surface area is 138 Å². The second-order valence-electron chi connectivity index (χ2n) is 5.35.